The summed E-state index contributed by atoms with van der Waals surface area (Å²) >= 11 is 0. The molecule has 8 rings (SSSR count). The van der Waals surface area contributed by atoms with Gasteiger partial charge in [-0.3, -0.25) is 14.4 Å². The quantitative estimate of drug-likeness (QED) is 0.476. The fourth-order valence-electron chi connectivity index (χ4n) is 9.62. The van der Waals surface area contributed by atoms with Crippen molar-refractivity contribution in [2.24, 2.45) is 34.0 Å². The molecule has 7 nitrogen and oxygen atoms in total. The van der Waals surface area contributed by atoms with Gasteiger partial charge >= 0.3 is 11.9 Å². The van der Waals surface area contributed by atoms with Gasteiger partial charge in [0.1, 0.15) is 25.0 Å². The number of esters is 2. The van der Waals surface area contributed by atoms with Crippen LogP contribution in [-0.2, 0) is 28.6 Å². The maximum atomic E-state index is 14.0. The fourth-order valence-corrected chi connectivity index (χ4v) is 9.62. The first kappa shape index (κ1) is 21.6. The van der Waals surface area contributed by atoms with Crippen molar-refractivity contribution in [3.8, 4) is 0 Å². The van der Waals surface area contributed by atoms with Crippen LogP contribution in [0.2, 0.25) is 0 Å². The van der Waals surface area contributed by atoms with Crippen molar-refractivity contribution in [2.75, 3.05) is 13.2 Å². The van der Waals surface area contributed by atoms with E-state index in [1.54, 1.807) is 0 Å². The highest BCUT2D eigenvalue weighted by Crippen LogP contribution is 2.78. The Hall–Kier alpha value is -1.89. The number of fused-ring (bicyclic) bond motifs is 2. The summed E-state index contributed by atoms with van der Waals surface area (Å²) in [6, 6.07) is 0. The number of ether oxygens (including phenoxy) is 3. The van der Waals surface area contributed by atoms with Crippen LogP contribution in [0.15, 0.2) is 12.2 Å². The normalized spacial score (nSPS) is 49.0. The van der Waals surface area contributed by atoms with Crippen LogP contribution in [0.1, 0.15) is 65.7 Å². The number of allylic oxidation sites excluding steroid dienone is 1. The van der Waals surface area contributed by atoms with Gasteiger partial charge in [-0.2, -0.15) is 0 Å². The molecular formula is C26H35NO6. The predicted molar refractivity (Wildman–Crippen MR) is 117 cm³/mol. The van der Waals surface area contributed by atoms with Gasteiger partial charge in [-0.25, -0.2) is 0 Å². The second-order valence-corrected chi connectivity index (χ2v) is 11.8. The number of likely N-dealkylation sites (tertiary alicyclic amines) is 1. The summed E-state index contributed by atoms with van der Waals surface area (Å²) < 4.78 is 18.2. The highest BCUT2D eigenvalue weighted by molar-refractivity contribution is 5.85. The minimum Gasteiger partial charge on any atom is -0.464 e. The molecule has 0 aromatic carbocycles. The Morgan fingerprint density at radius 2 is 2.00 bits per heavy atom. The Bertz CT molecular complexity index is 947. The van der Waals surface area contributed by atoms with Crippen LogP contribution < -0.4 is 0 Å². The lowest BCUT2D eigenvalue weighted by atomic mass is 9.32. The highest BCUT2D eigenvalue weighted by Gasteiger charge is 2.82. The zero-order valence-corrected chi connectivity index (χ0v) is 19.9. The Morgan fingerprint density at radius 1 is 1.21 bits per heavy atom. The second-order valence-electron chi connectivity index (χ2n) is 11.8. The van der Waals surface area contributed by atoms with E-state index in [0.29, 0.717) is 18.4 Å². The summed E-state index contributed by atoms with van der Waals surface area (Å²) in [4.78, 5) is 39.6. The van der Waals surface area contributed by atoms with E-state index in [-0.39, 0.29) is 53.5 Å². The molecule has 3 aliphatic heterocycles. The molecule has 5 aliphatic carbocycles. The second kappa shape index (κ2) is 6.83. The zero-order valence-electron chi connectivity index (χ0n) is 19.9. The number of amides is 1. The van der Waals surface area contributed by atoms with Gasteiger partial charge in [0.15, 0.2) is 0 Å². The van der Waals surface area contributed by atoms with Gasteiger partial charge in [0.25, 0.3) is 0 Å². The molecule has 33 heavy (non-hydrogen) atoms. The number of piperidine rings is 1. The van der Waals surface area contributed by atoms with Gasteiger partial charge in [0.05, 0.1) is 12.0 Å². The van der Waals surface area contributed by atoms with E-state index in [1.165, 1.54) is 19.4 Å². The topological polar surface area (TPSA) is 82.1 Å². The molecule has 1 unspecified atom stereocenters. The summed E-state index contributed by atoms with van der Waals surface area (Å²) in [7, 11) is 0. The predicted octanol–water partition coefficient (Wildman–Crippen LogP) is 3.22. The zero-order chi connectivity index (χ0) is 23.3. The first-order valence-corrected chi connectivity index (χ1v) is 12.6. The van der Waals surface area contributed by atoms with Crippen LogP contribution in [0.5, 0.6) is 0 Å². The van der Waals surface area contributed by atoms with Crippen LogP contribution in [0, 0.1) is 34.0 Å². The van der Waals surface area contributed by atoms with Crippen LogP contribution in [-0.4, -0.2) is 54.3 Å². The molecule has 0 radical (unpaired) electrons. The van der Waals surface area contributed by atoms with E-state index in [0.717, 1.165) is 44.9 Å². The third-order valence-electron chi connectivity index (χ3n) is 10.4. The number of carbonyl (C=O) groups excluding carboxylic acids is 3. The number of hydrogen-bond acceptors (Lipinski definition) is 6. The maximum Gasteiger partial charge on any atom is 0.303 e. The fraction of sp³-hybridized carbons (Fsp3) is 0.808. The molecule has 1 amide bonds. The van der Waals surface area contributed by atoms with Gasteiger partial charge < -0.3 is 19.1 Å². The minimum atomic E-state index is -0.609. The first-order valence-electron chi connectivity index (χ1n) is 12.6. The Balaban J connectivity index is 1.49. The molecule has 2 spiro atoms. The summed E-state index contributed by atoms with van der Waals surface area (Å²) in [6.07, 6.45) is 5.99. The maximum absolute atomic E-state index is 14.0. The van der Waals surface area contributed by atoms with E-state index in [2.05, 4.69) is 13.5 Å². The standard InChI is InChI=1S/C26H35NO6/c1-14-13-25-9-6-17(14)12-18(25)26-8-5-7-24(4)20(26)19(32-16(3)29)21(25)33-23(26)27(22(24)30)10-11-31-15(2)28/h17-21,23H,1,5-13H2,2-4H3/t17-,18?,19-,20+,21+,23+,24+,25+,26+/m0/s1. The number of hydrogen-bond donors (Lipinski definition) is 0. The number of nitrogens with zero attached hydrogens (tertiary/aromatic N) is 1. The van der Waals surface area contributed by atoms with Gasteiger partial charge in [0.2, 0.25) is 5.91 Å². The minimum absolute atomic E-state index is 0.0351. The van der Waals surface area contributed by atoms with E-state index >= 15 is 0 Å². The summed E-state index contributed by atoms with van der Waals surface area (Å²) in [5, 5.41) is 0. The number of rotatable bonds is 4. The van der Waals surface area contributed by atoms with Gasteiger partial charge in [-0.05, 0) is 50.4 Å². The molecule has 3 heterocycles. The van der Waals surface area contributed by atoms with Crippen molar-refractivity contribution in [2.45, 2.75) is 84.2 Å². The molecule has 0 N–H and O–H groups in total. The van der Waals surface area contributed by atoms with Crippen molar-refractivity contribution in [3.63, 3.8) is 0 Å². The molecule has 0 aromatic heterocycles. The van der Waals surface area contributed by atoms with Gasteiger partial charge in [-0.1, -0.05) is 25.5 Å². The Morgan fingerprint density at radius 3 is 2.70 bits per heavy atom. The molecule has 180 valence electrons. The van der Waals surface area contributed by atoms with E-state index < -0.39 is 11.5 Å². The Kier molecular flexibility index (Phi) is 4.48. The molecule has 0 aromatic rings. The lowest BCUT2D eigenvalue weighted by Crippen LogP contribution is -2.85. The molecule has 8 aliphatic rings. The van der Waals surface area contributed by atoms with Gasteiger partial charge in [0, 0.05) is 30.6 Å². The van der Waals surface area contributed by atoms with Crippen LogP contribution in [0.3, 0.4) is 0 Å². The van der Waals surface area contributed by atoms with Crippen molar-refractivity contribution >= 4 is 17.8 Å². The monoisotopic (exact) mass is 457 g/mol. The van der Waals surface area contributed by atoms with E-state index in [4.69, 9.17) is 14.2 Å². The lowest BCUT2D eigenvalue weighted by molar-refractivity contribution is -0.407. The van der Waals surface area contributed by atoms with Crippen LogP contribution in [0.4, 0.5) is 0 Å². The summed E-state index contributed by atoms with van der Waals surface area (Å²) in [5.41, 5.74) is 0.394. The molecule has 5 saturated carbocycles. The summed E-state index contributed by atoms with van der Waals surface area (Å²) in [6.45, 7) is 9.88. The van der Waals surface area contributed by atoms with Crippen molar-refractivity contribution in [1.29, 1.82) is 0 Å². The van der Waals surface area contributed by atoms with Crippen molar-refractivity contribution in [1.82, 2.24) is 4.90 Å². The molecule has 8 fully saturated rings. The molecule has 7 bridgehead atoms. The van der Waals surface area contributed by atoms with Crippen molar-refractivity contribution in [3.05, 3.63) is 12.2 Å². The van der Waals surface area contributed by atoms with E-state index in [1.807, 2.05) is 4.90 Å². The van der Waals surface area contributed by atoms with Gasteiger partial charge in [-0.15, -0.1) is 0 Å². The first-order chi connectivity index (χ1) is 15.6. The molecule has 3 saturated heterocycles. The summed E-state index contributed by atoms with van der Waals surface area (Å²) in [5.74, 6) is 0.344. The average Bonchev–Trinajstić information content (AvgIpc) is 2.75. The van der Waals surface area contributed by atoms with E-state index in [9.17, 15) is 14.4 Å². The average molecular weight is 458 g/mol. The lowest BCUT2D eigenvalue weighted by Gasteiger charge is -2.79. The third-order valence-corrected chi connectivity index (χ3v) is 10.4. The molecule has 9 atom stereocenters. The largest absolute Gasteiger partial charge is 0.464 e. The smallest absolute Gasteiger partial charge is 0.303 e. The van der Waals surface area contributed by atoms with Crippen LogP contribution in [0.25, 0.3) is 0 Å². The third kappa shape index (κ3) is 2.52. The van der Waals surface area contributed by atoms with Crippen LogP contribution >= 0.6 is 0 Å². The molecular weight excluding hydrogens is 422 g/mol. The number of carbonyl (C=O) groups is 3. The SMILES string of the molecule is C=C1C[C@]23CC[C@H]1CC2[C@@]12CCC[C@@]4(C)C(=O)N(CCOC(C)=O)[C@@H]1O[C@@H]3[C@@H](OC(C)=O)[C@@H]24. The van der Waals surface area contributed by atoms with Crippen molar-refractivity contribution < 1.29 is 28.6 Å². The highest BCUT2D eigenvalue weighted by atomic mass is 16.6. The molecule has 7 heteroatoms. The Labute approximate surface area is 195 Å².